The van der Waals surface area contributed by atoms with Gasteiger partial charge in [0.15, 0.2) is 0 Å². The van der Waals surface area contributed by atoms with Gasteiger partial charge in [-0.3, -0.25) is 0 Å². The average Bonchev–Trinajstić information content (AvgIpc) is 2.40. The van der Waals surface area contributed by atoms with E-state index in [1.54, 1.807) is 18.3 Å². The summed E-state index contributed by atoms with van der Waals surface area (Å²) >= 11 is 0. The van der Waals surface area contributed by atoms with Crippen LogP contribution in [0, 0.1) is 5.82 Å². The third kappa shape index (κ3) is 2.20. The fraction of sp³-hybridized carbons (Fsp3) is 0. The summed E-state index contributed by atoms with van der Waals surface area (Å²) in [5.41, 5.74) is 7.28. The number of anilines is 3. The number of nitrogens with two attached hydrogens (primary N) is 1. The van der Waals surface area contributed by atoms with Crippen molar-refractivity contribution in [2.75, 3.05) is 11.1 Å². The highest BCUT2D eigenvalue weighted by Crippen LogP contribution is 2.27. The molecule has 0 saturated heterocycles. The van der Waals surface area contributed by atoms with Crippen LogP contribution in [0.2, 0.25) is 0 Å². The molecule has 3 N–H and O–H groups in total. The van der Waals surface area contributed by atoms with Gasteiger partial charge in [0.1, 0.15) is 11.6 Å². The number of nitrogens with zero attached hydrogens (tertiary/aromatic N) is 1. The standard InChI is InChI=1S/C15H12FN3/c16-10-3-1-4-11(9-10)19-15-13-5-2-6-14(17)12(13)7-8-18-15/h1-9H,17H2,(H,18,19). The Morgan fingerprint density at radius 2 is 1.84 bits per heavy atom. The summed E-state index contributed by atoms with van der Waals surface area (Å²) in [6, 6.07) is 13.8. The monoisotopic (exact) mass is 253 g/mol. The van der Waals surface area contributed by atoms with E-state index >= 15 is 0 Å². The van der Waals surface area contributed by atoms with Crippen molar-refractivity contribution >= 4 is 28.0 Å². The number of nitrogen functional groups attached to an aromatic ring is 1. The third-order valence-electron chi connectivity index (χ3n) is 2.93. The van der Waals surface area contributed by atoms with Crippen LogP contribution in [0.5, 0.6) is 0 Å². The number of fused-ring (bicyclic) bond motifs is 1. The van der Waals surface area contributed by atoms with Gasteiger partial charge in [0.25, 0.3) is 0 Å². The van der Waals surface area contributed by atoms with Crippen LogP contribution in [0.3, 0.4) is 0 Å². The second-order valence-corrected chi connectivity index (χ2v) is 4.24. The largest absolute Gasteiger partial charge is 0.398 e. The zero-order chi connectivity index (χ0) is 13.2. The summed E-state index contributed by atoms with van der Waals surface area (Å²) in [7, 11) is 0. The maximum Gasteiger partial charge on any atom is 0.138 e. The minimum atomic E-state index is -0.287. The quantitative estimate of drug-likeness (QED) is 0.685. The summed E-state index contributed by atoms with van der Waals surface area (Å²) < 4.78 is 13.2. The second kappa shape index (κ2) is 4.57. The van der Waals surface area contributed by atoms with Crippen LogP contribution in [0.15, 0.2) is 54.7 Å². The topological polar surface area (TPSA) is 50.9 Å². The Morgan fingerprint density at radius 1 is 1.00 bits per heavy atom. The van der Waals surface area contributed by atoms with Crippen LogP contribution in [0.4, 0.5) is 21.6 Å². The van der Waals surface area contributed by atoms with Crippen molar-refractivity contribution in [2.24, 2.45) is 0 Å². The number of nitrogens with one attached hydrogen (secondary N) is 1. The Labute approximate surface area is 109 Å². The maximum absolute atomic E-state index is 13.2. The van der Waals surface area contributed by atoms with E-state index in [9.17, 15) is 4.39 Å². The minimum absolute atomic E-state index is 0.287. The molecule has 0 aliphatic rings. The van der Waals surface area contributed by atoms with E-state index in [0.717, 1.165) is 10.8 Å². The van der Waals surface area contributed by atoms with Crippen LogP contribution in [0.25, 0.3) is 10.8 Å². The lowest BCUT2D eigenvalue weighted by molar-refractivity contribution is 0.628. The molecule has 0 atom stereocenters. The summed E-state index contributed by atoms with van der Waals surface area (Å²) in [5.74, 6) is 0.375. The SMILES string of the molecule is Nc1cccc2c(Nc3cccc(F)c3)nccc12. The van der Waals surface area contributed by atoms with Gasteiger partial charge in [-0.15, -0.1) is 0 Å². The number of benzene rings is 2. The van der Waals surface area contributed by atoms with Gasteiger partial charge in [-0.25, -0.2) is 9.37 Å². The van der Waals surface area contributed by atoms with Crippen molar-refractivity contribution in [2.45, 2.75) is 0 Å². The molecule has 3 nitrogen and oxygen atoms in total. The second-order valence-electron chi connectivity index (χ2n) is 4.24. The fourth-order valence-corrected chi connectivity index (χ4v) is 2.03. The van der Waals surface area contributed by atoms with E-state index < -0.39 is 0 Å². The number of pyridine rings is 1. The average molecular weight is 253 g/mol. The van der Waals surface area contributed by atoms with Gasteiger partial charge in [-0.05, 0) is 30.3 Å². The van der Waals surface area contributed by atoms with Crippen LogP contribution >= 0.6 is 0 Å². The highest BCUT2D eigenvalue weighted by Gasteiger charge is 2.05. The summed E-state index contributed by atoms with van der Waals surface area (Å²) in [5, 5.41) is 4.94. The summed E-state index contributed by atoms with van der Waals surface area (Å²) in [4.78, 5) is 4.28. The normalized spacial score (nSPS) is 10.6. The van der Waals surface area contributed by atoms with Gasteiger partial charge in [-0.2, -0.15) is 0 Å². The van der Waals surface area contributed by atoms with Crippen molar-refractivity contribution in [1.82, 2.24) is 4.98 Å². The van der Waals surface area contributed by atoms with Crippen molar-refractivity contribution in [3.05, 3.63) is 60.5 Å². The zero-order valence-corrected chi connectivity index (χ0v) is 10.1. The minimum Gasteiger partial charge on any atom is -0.398 e. The van der Waals surface area contributed by atoms with Crippen LogP contribution < -0.4 is 11.1 Å². The van der Waals surface area contributed by atoms with Crippen molar-refractivity contribution < 1.29 is 4.39 Å². The molecule has 0 aliphatic carbocycles. The van der Waals surface area contributed by atoms with E-state index in [2.05, 4.69) is 10.3 Å². The first kappa shape index (κ1) is 11.5. The van der Waals surface area contributed by atoms with Crippen LogP contribution in [-0.2, 0) is 0 Å². The molecule has 94 valence electrons. The lowest BCUT2D eigenvalue weighted by atomic mass is 10.1. The molecule has 19 heavy (non-hydrogen) atoms. The molecular weight excluding hydrogens is 241 g/mol. The molecule has 0 amide bonds. The Hall–Kier alpha value is -2.62. The maximum atomic E-state index is 13.2. The summed E-state index contributed by atoms with van der Waals surface area (Å²) in [6.45, 7) is 0. The van der Waals surface area contributed by atoms with Crippen molar-refractivity contribution in [1.29, 1.82) is 0 Å². The predicted octanol–water partition coefficient (Wildman–Crippen LogP) is 3.70. The molecule has 0 spiro atoms. The Kier molecular flexibility index (Phi) is 2.76. The first-order chi connectivity index (χ1) is 9.24. The number of hydrogen-bond donors (Lipinski definition) is 2. The molecule has 0 bridgehead atoms. The van der Waals surface area contributed by atoms with E-state index in [0.29, 0.717) is 17.2 Å². The Bertz CT molecular complexity index is 740. The molecule has 0 fully saturated rings. The first-order valence-corrected chi connectivity index (χ1v) is 5.90. The highest BCUT2D eigenvalue weighted by molar-refractivity contribution is 5.99. The van der Waals surface area contributed by atoms with Gasteiger partial charge in [0, 0.05) is 28.3 Å². The van der Waals surface area contributed by atoms with Crippen LogP contribution in [-0.4, -0.2) is 4.98 Å². The lowest BCUT2D eigenvalue weighted by Crippen LogP contribution is -1.96. The number of aromatic nitrogens is 1. The molecule has 3 aromatic rings. The lowest BCUT2D eigenvalue weighted by Gasteiger charge is -2.09. The van der Waals surface area contributed by atoms with Gasteiger partial charge in [0.2, 0.25) is 0 Å². The van der Waals surface area contributed by atoms with Gasteiger partial charge < -0.3 is 11.1 Å². The molecule has 0 saturated carbocycles. The number of halogens is 1. The van der Waals surface area contributed by atoms with Crippen molar-refractivity contribution in [3.8, 4) is 0 Å². The predicted molar refractivity (Wildman–Crippen MR) is 75.8 cm³/mol. The number of rotatable bonds is 2. The van der Waals surface area contributed by atoms with Gasteiger partial charge >= 0.3 is 0 Å². The molecule has 1 heterocycles. The molecule has 0 aliphatic heterocycles. The number of hydrogen-bond acceptors (Lipinski definition) is 3. The third-order valence-corrected chi connectivity index (χ3v) is 2.93. The van der Waals surface area contributed by atoms with Crippen LogP contribution in [0.1, 0.15) is 0 Å². The van der Waals surface area contributed by atoms with Gasteiger partial charge in [-0.1, -0.05) is 18.2 Å². The zero-order valence-electron chi connectivity index (χ0n) is 10.1. The van der Waals surface area contributed by atoms with E-state index in [1.165, 1.54) is 12.1 Å². The first-order valence-electron chi connectivity index (χ1n) is 5.90. The molecular formula is C15H12FN3. The summed E-state index contributed by atoms with van der Waals surface area (Å²) in [6.07, 6.45) is 1.68. The molecule has 0 unspecified atom stereocenters. The van der Waals surface area contributed by atoms with Crippen molar-refractivity contribution in [3.63, 3.8) is 0 Å². The van der Waals surface area contributed by atoms with E-state index in [4.69, 9.17) is 5.73 Å². The smallest absolute Gasteiger partial charge is 0.138 e. The Morgan fingerprint density at radius 3 is 2.68 bits per heavy atom. The highest BCUT2D eigenvalue weighted by atomic mass is 19.1. The molecule has 0 radical (unpaired) electrons. The van der Waals surface area contributed by atoms with Gasteiger partial charge in [0.05, 0.1) is 0 Å². The van der Waals surface area contributed by atoms with E-state index in [1.807, 2.05) is 24.3 Å². The van der Waals surface area contributed by atoms with E-state index in [-0.39, 0.29) is 5.82 Å². The molecule has 1 aromatic heterocycles. The molecule has 2 aromatic carbocycles. The fourth-order valence-electron chi connectivity index (χ4n) is 2.03. The molecule has 3 rings (SSSR count). The molecule has 4 heteroatoms. The Balaban J connectivity index is 2.08.